The number of nitrogens with one attached hydrogen (secondary N) is 1. The van der Waals surface area contributed by atoms with Crippen LogP contribution >= 0.6 is 11.6 Å². The number of rotatable bonds is 4. The van der Waals surface area contributed by atoms with Gasteiger partial charge in [-0.05, 0) is 42.3 Å². The number of phenols is 2. The predicted octanol–water partition coefficient (Wildman–Crippen LogP) is 4.18. The van der Waals surface area contributed by atoms with Gasteiger partial charge in [0.15, 0.2) is 0 Å². The highest BCUT2D eigenvalue weighted by Gasteiger charge is 2.42. The van der Waals surface area contributed by atoms with Gasteiger partial charge in [0.05, 0.1) is 6.04 Å². The van der Waals surface area contributed by atoms with Crippen molar-refractivity contribution in [1.29, 1.82) is 0 Å². The smallest absolute Gasteiger partial charge is 0.273 e. The van der Waals surface area contributed by atoms with Crippen LogP contribution in [0.1, 0.15) is 33.2 Å². The molecule has 6 nitrogen and oxygen atoms in total. The molecule has 3 N–H and O–H groups in total. The number of aryl methyl sites for hydroxylation is 1. The highest BCUT2D eigenvalue weighted by molar-refractivity contribution is 6.31. The van der Waals surface area contributed by atoms with E-state index in [4.69, 9.17) is 11.6 Å². The molecule has 0 radical (unpaired) electrons. The first kappa shape index (κ1) is 18.1. The van der Waals surface area contributed by atoms with Crippen LogP contribution in [0.25, 0.3) is 11.3 Å². The molecule has 7 heteroatoms. The minimum absolute atomic E-state index is 0.0282. The molecule has 4 rings (SSSR count). The summed E-state index contributed by atoms with van der Waals surface area (Å²) in [5.74, 6) is -0.0941. The Morgan fingerprint density at radius 3 is 2.82 bits per heavy atom. The number of aromatic amines is 1. The van der Waals surface area contributed by atoms with Gasteiger partial charge in [0.1, 0.15) is 22.9 Å². The molecule has 0 aliphatic carbocycles. The summed E-state index contributed by atoms with van der Waals surface area (Å²) in [5, 5.41) is 28.0. The second kappa shape index (κ2) is 6.73. The minimum Gasteiger partial charge on any atom is -0.508 e. The number of carbonyl (C=O) groups excluding carboxylic acids is 1. The minimum atomic E-state index is -0.485. The number of amides is 1. The number of hydrogen-bond acceptors (Lipinski definition) is 4. The van der Waals surface area contributed by atoms with Crippen LogP contribution in [0.3, 0.4) is 0 Å². The average molecular weight is 396 g/mol. The number of carbonyl (C=O) groups is 1. The van der Waals surface area contributed by atoms with Crippen LogP contribution in [-0.2, 0) is 0 Å². The number of H-pyrrole nitrogens is 1. The van der Waals surface area contributed by atoms with Crippen molar-refractivity contribution in [1.82, 2.24) is 15.1 Å². The van der Waals surface area contributed by atoms with Gasteiger partial charge in [-0.15, -0.1) is 6.58 Å². The molecule has 3 aromatic rings. The fourth-order valence-electron chi connectivity index (χ4n) is 3.63. The van der Waals surface area contributed by atoms with Crippen molar-refractivity contribution in [3.8, 4) is 22.8 Å². The summed E-state index contributed by atoms with van der Waals surface area (Å²) in [6, 6.07) is 9.47. The van der Waals surface area contributed by atoms with Crippen LogP contribution in [0.15, 0.2) is 49.1 Å². The molecule has 28 heavy (non-hydrogen) atoms. The predicted molar refractivity (Wildman–Crippen MR) is 107 cm³/mol. The second-order valence-electron chi connectivity index (χ2n) is 6.72. The third-order valence-corrected chi connectivity index (χ3v) is 5.31. The Morgan fingerprint density at radius 2 is 2.11 bits per heavy atom. The van der Waals surface area contributed by atoms with Gasteiger partial charge in [0, 0.05) is 22.7 Å². The first-order chi connectivity index (χ1) is 13.4. The van der Waals surface area contributed by atoms with E-state index in [1.54, 1.807) is 48.2 Å². The summed E-state index contributed by atoms with van der Waals surface area (Å²) in [4.78, 5) is 14.6. The molecule has 1 aliphatic heterocycles. The SMILES string of the molecule is C=CCN1C(=O)c2[nH]nc(-c3cc(Cl)c(C)cc3O)c2C1c1cccc(O)c1. The number of nitrogens with zero attached hydrogens (tertiary/aromatic N) is 2. The summed E-state index contributed by atoms with van der Waals surface area (Å²) in [6.45, 7) is 5.86. The third kappa shape index (κ3) is 2.73. The maximum Gasteiger partial charge on any atom is 0.273 e. The van der Waals surface area contributed by atoms with Gasteiger partial charge in [-0.1, -0.05) is 29.8 Å². The van der Waals surface area contributed by atoms with Crippen molar-refractivity contribution in [2.45, 2.75) is 13.0 Å². The first-order valence-electron chi connectivity index (χ1n) is 8.71. The van der Waals surface area contributed by atoms with Gasteiger partial charge in [0.25, 0.3) is 5.91 Å². The number of benzene rings is 2. The number of hydrogen-bond donors (Lipinski definition) is 3. The molecule has 0 saturated heterocycles. The van der Waals surface area contributed by atoms with E-state index >= 15 is 0 Å². The van der Waals surface area contributed by atoms with E-state index in [1.807, 2.05) is 6.07 Å². The number of aromatic hydroxyl groups is 2. The Balaban J connectivity index is 1.95. The Kier molecular flexibility index (Phi) is 4.35. The summed E-state index contributed by atoms with van der Waals surface area (Å²) in [5.41, 5.74) is 3.33. The normalized spacial score (nSPS) is 15.7. The van der Waals surface area contributed by atoms with Crippen molar-refractivity contribution < 1.29 is 15.0 Å². The van der Waals surface area contributed by atoms with Crippen LogP contribution in [0, 0.1) is 6.92 Å². The fraction of sp³-hybridized carbons (Fsp3) is 0.143. The molecule has 0 fully saturated rings. The lowest BCUT2D eigenvalue weighted by Gasteiger charge is -2.25. The van der Waals surface area contributed by atoms with Crippen molar-refractivity contribution in [3.63, 3.8) is 0 Å². The summed E-state index contributed by atoms with van der Waals surface area (Å²) < 4.78 is 0. The second-order valence-corrected chi connectivity index (χ2v) is 7.13. The van der Waals surface area contributed by atoms with Crippen LogP contribution in [0.5, 0.6) is 11.5 Å². The fourth-order valence-corrected chi connectivity index (χ4v) is 3.79. The molecule has 1 amide bonds. The van der Waals surface area contributed by atoms with Crippen LogP contribution in [0.2, 0.25) is 5.02 Å². The molecule has 2 aromatic carbocycles. The molecular weight excluding hydrogens is 378 g/mol. The first-order valence-corrected chi connectivity index (χ1v) is 9.08. The zero-order chi connectivity index (χ0) is 20.0. The van der Waals surface area contributed by atoms with Gasteiger partial charge in [0.2, 0.25) is 0 Å². The van der Waals surface area contributed by atoms with Gasteiger partial charge < -0.3 is 15.1 Å². The zero-order valence-corrected chi connectivity index (χ0v) is 15.9. The standard InChI is InChI=1S/C21H18ClN3O3/c1-3-7-25-20(12-5-4-6-13(26)9-12)17-18(23-24-19(17)21(25)28)14-10-15(22)11(2)8-16(14)27/h3-6,8-10,20,26-27H,1,7H2,2H3,(H,23,24). The highest BCUT2D eigenvalue weighted by Crippen LogP contribution is 2.45. The lowest BCUT2D eigenvalue weighted by Crippen LogP contribution is -2.29. The molecule has 1 atom stereocenters. The molecule has 0 spiro atoms. The zero-order valence-electron chi connectivity index (χ0n) is 15.1. The molecule has 1 unspecified atom stereocenters. The molecule has 142 valence electrons. The van der Waals surface area contributed by atoms with E-state index < -0.39 is 6.04 Å². The highest BCUT2D eigenvalue weighted by atomic mass is 35.5. The van der Waals surface area contributed by atoms with Crippen molar-refractivity contribution in [2.75, 3.05) is 6.54 Å². The molecule has 1 aromatic heterocycles. The van der Waals surface area contributed by atoms with Crippen molar-refractivity contribution in [2.24, 2.45) is 0 Å². The van der Waals surface area contributed by atoms with E-state index in [2.05, 4.69) is 16.8 Å². The number of aromatic nitrogens is 2. The summed E-state index contributed by atoms with van der Waals surface area (Å²) in [6.07, 6.45) is 1.65. The van der Waals surface area contributed by atoms with E-state index in [0.29, 0.717) is 34.1 Å². The van der Waals surface area contributed by atoms with Crippen molar-refractivity contribution >= 4 is 17.5 Å². The van der Waals surface area contributed by atoms with Gasteiger partial charge in [-0.2, -0.15) is 5.10 Å². The largest absolute Gasteiger partial charge is 0.508 e. The van der Waals surface area contributed by atoms with E-state index in [-0.39, 0.29) is 17.4 Å². The van der Waals surface area contributed by atoms with E-state index in [9.17, 15) is 15.0 Å². The molecule has 2 heterocycles. The average Bonchev–Trinajstić information content (AvgIpc) is 3.18. The van der Waals surface area contributed by atoms with E-state index in [1.165, 1.54) is 0 Å². The lowest BCUT2D eigenvalue weighted by atomic mass is 9.95. The van der Waals surface area contributed by atoms with Crippen molar-refractivity contribution in [3.05, 3.63) is 76.5 Å². The number of halogens is 1. The van der Waals surface area contributed by atoms with Gasteiger partial charge in [-0.25, -0.2) is 0 Å². The molecule has 0 bridgehead atoms. The van der Waals surface area contributed by atoms with Crippen LogP contribution < -0.4 is 0 Å². The van der Waals surface area contributed by atoms with Gasteiger partial charge in [-0.3, -0.25) is 9.89 Å². The number of phenolic OH excluding ortho intramolecular Hbond substituents is 2. The summed E-state index contributed by atoms with van der Waals surface area (Å²) >= 11 is 6.26. The third-order valence-electron chi connectivity index (χ3n) is 4.91. The number of fused-ring (bicyclic) bond motifs is 1. The van der Waals surface area contributed by atoms with Crippen LogP contribution in [-0.4, -0.2) is 37.8 Å². The summed E-state index contributed by atoms with van der Waals surface area (Å²) in [7, 11) is 0. The maximum atomic E-state index is 13.0. The Labute approximate surface area is 166 Å². The maximum absolute atomic E-state index is 13.0. The monoisotopic (exact) mass is 395 g/mol. The van der Waals surface area contributed by atoms with Crippen LogP contribution in [0.4, 0.5) is 0 Å². The molecular formula is C21H18ClN3O3. The van der Waals surface area contributed by atoms with Gasteiger partial charge >= 0.3 is 0 Å². The molecule has 1 aliphatic rings. The van der Waals surface area contributed by atoms with E-state index in [0.717, 1.165) is 11.1 Å². The quantitative estimate of drug-likeness (QED) is 0.578. The Morgan fingerprint density at radius 1 is 1.32 bits per heavy atom. The Bertz CT molecular complexity index is 1110. The Hall–Kier alpha value is -3.25. The topological polar surface area (TPSA) is 89.5 Å². The lowest BCUT2D eigenvalue weighted by molar-refractivity contribution is 0.0764. The molecule has 0 saturated carbocycles.